The highest BCUT2D eigenvalue weighted by Crippen LogP contribution is 2.21. The molecular weight excluding hydrogens is 238 g/mol. The van der Waals surface area contributed by atoms with Crippen molar-refractivity contribution >= 4 is 14.2 Å². The van der Waals surface area contributed by atoms with Gasteiger partial charge in [0, 0.05) is 11.1 Å². The molecule has 1 unspecified atom stereocenters. The molecule has 1 amide bonds. The van der Waals surface area contributed by atoms with Gasteiger partial charge in [-0.05, 0) is 6.42 Å². The molecule has 0 heterocycles. The standard InChI is InChI=1S/C6H9F3NO4P/c1-13-15(12)14-4-2-3-10-5(11)6(7,8)9/h2-4H2,1H3/p+1. The van der Waals surface area contributed by atoms with E-state index < -0.39 is 20.3 Å². The summed E-state index contributed by atoms with van der Waals surface area (Å²) < 4.78 is 54.2. The van der Waals surface area contributed by atoms with Gasteiger partial charge in [-0.1, -0.05) is 0 Å². The molecule has 15 heavy (non-hydrogen) atoms. The lowest BCUT2D eigenvalue weighted by Gasteiger charge is -2.05. The van der Waals surface area contributed by atoms with Crippen LogP contribution in [0.5, 0.6) is 0 Å². The van der Waals surface area contributed by atoms with Gasteiger partial charge in [0.2, 0.25) is 0 Å². The Balaban J connectivity index is 3.48. The van der Waals surface area contributed by atoms with Gasteiger partial charge in [-0.3, -0.25) is 4.79 Å². The molecule has 9 heteroatoms. The zero-order chi connectivity index (χ0) is 11.9. The molecule has 5 nitrogen and oxygen atoms in total. The van der Waals surface area contributed by atoms with Crippen molar-refractivity contribution in [2.45, 2.75) is 12.6 Å². The average Bonchev–Trinajstić information content (AvgIpc) is 2.15. The average molecular weight is 248 g/mol. The monoisotopic (exact) mass is 248 g/mol. The minimum absolute atomic E-state index is 0.0544. The molecular formula is C6H10F3NO4P+. The maximum atomic E-state index is 11.6. The number of hydrogen-bond acceptors (Lipinski definition) is 4. The fourth-order valence-electron chi connectivity index (χ4n) is 0.566. The van der Waals surface area contributed by atoms with Crippen molar-refractivity contribution < 1.29 is 31.6 Å². The van der Waals surface area contributed by atoms with Crippen LogP contribution in [0.2, 0.25) is 0 Å². The SMILES string of the molecule is CO[P+](=O)OCCCNC(=O)C(F)(F)F. The van der Waals surface area contributed by atoms with E-state index in [1.165, 1.54) is 7.11 Å². The second kappa shape index (κ2) is 6.71. The van der Waals surface area contributed by atoms with Gasteiger partial charge in [-0.15, -0.1) is 9.05 Å². The number of amides is 1. The first-order chi connectivity index (χ1) is 6.88. The fourth-order valence-corrected chi connectivity index (χ4v) is 0.950. The van der Waals surface area contributed by atoms with Gasteiger partial charge in [0.1, 0.15) is 6.61 Å². The van der Waals surface area contributed by atoms with E-state index >= 15 is 0 Å². The second-order valence-corrected chi connectivity index (χ2v) is 3.42. The molecule has 0 fully saturated rings. The quantitative estimate of drug-likeness (QED) is 0.569. The first kappa shape index (κ1) is 14.3. The molecule has 1 N–H and O–H groups in total. The normalized spacial score (nSPS) is 12.4. The summed E-state index contributed by atoms with van der Waals surface area (Å²) >= 11 is 0. The molecule has 0 aliphatic rings. The fraction of sp³-hybridized carbons (Fsp3) is 0.833. The molecule has 1 atom stereocenters. The summed E-state index contributed by atoms with van der Waals surface area (Å²) in [6.45, 7) is -0.258. The van der Waals surface area contributed by atoms with Gasteiger partial charge in [0.15, 0.2) is 0 Å². The number of rotatable bonds is 6. The van der Waals surface area contributed by atoms with Crippen molar-refractivity contribution in [2.75, 3.05) is 20.3 Å². The van der Waals surface area contributed by atoms with Crippen LogP contribution in [-0.2, 0) is 18.4 Å². The van der Waals surface area contributed by atoms with Crippen LogP contribution in [0.1, 0.15) is 6.42 Å². The first-order valence-corrected chi connectivity index (χ1v) is 4.96. The van der Waals surface area contributed by atoms with E-state index in [2.05, 4.69) is 9.05 Å². The topological polar surface area (TPSA) is 64.6 Å². The first-order valence-electron chi connectivity index (χ1n) is 3.87. The molecule has 0 aromatic carbocycles. The predicted molar refractivity (Wildman–Crippen MR) is 44.2 cm³/mol. The summed E-state index contributed by atoms with van der Waals surface area (Å²) in [5.74, 6) is -2.00. The van der Waals surface area contributed by atoms with Crippen molar-refractivity contribution in [3.05, 3.63) is 0 Å². The minimum atomic E-state index is -4.88. The van der Waals surface area contributed by atoms with E-state index in [4.69, 9.17) is 0 Å². The third-order valence-corrected chi connectivity index (χ3v) is 1.90. The summed E-state index contributed by atoms with van der Waals surface area (Å²) in [6, 6.07) is 0. The molecule has 0 bridgehead atoms. The minimum Gasteiger partial charge on any atom is -0.348 e. The van der Waals surface area contributed by atoms with Crippen LogP contribution in [-0.4, -0.2) is 32.3 Å². The molecule has 0 radical (unpaired) electrons. The van der Waals surface area contributed by atoms with Crippen LogP contribution in [0, 0.1) is 0 Å². The lowest BCUT2D eigenvalue weighted by molar-refractivity contribution is -0.173. The highest BCUT2D eigenvalue weighted by Gasteiger charge is 2.38. The Bertz CT molecular complexity index is 233. The summed E-state index contributed by atoms with van der Waals surface area (Å²) in [6.07, 6.45) is -4.76. The van der Waals surface area contributed by atoms with E-state index in [1.54, 1.807) is 5.32 Å². The number of alkyl halides is 3. The maximum Gasteiger partial charge on any atom is 0.697 e. The molecule has 0 rings (SSSR count). The van der Waals surface area contributed by atoms with E-state index in [0.717, 1.165) is 0 Å². The van der Waals surface area contributed by atoms with Gasteiger partial charge in [-0.25, -0.2) is 0 Å². The number of nitrogens with one attached hydrogen (secondary N) is 1. The Labute approximate surface area is 84.9 Å². The zero-order valence-electron chi connectivity index (χ0n) is 7.84. The number of halogens is 3. The highest BCUT2D eigenvalue weighted by atomic mass is 31.1. The van der Waals surface area contributed by atoms with Crippen LogP contribution in [0.3, 0.4) is 0 Å². The van der Waals surface area contributed by atoms with E-state index in [1.807, 2.05) is 0 Å². The summed E-state index contributed by atoms with van der Waals surface area (Å²) in [5, 5.41) is 1.63. The number of carbonyl (C=O) groups is 1. The van der Waals surface area contributed by atoms with Crippen molar-refractivity contribution in [3.8, 4) is 0 Å². The predicted octanol–water partition coefficient (Wildman–Crippen LogP) is 1.38. The van der Waals surface area contributed by atoms with Gasteiger partial charge in [0.05, 0.1) is 7.11 Å². The van der Waals surface area contributed by atoms with Crippen LogP contribution < -0.4 is 5.32 Å². The van der Waals surface area contributed by atoms with Crippen LogP contribution in [0.15, 0.2) is 0 Å². The second-order valence-electron chi connectivity index (χ2n) is 2.35. The van der Waals surface area contributed by atoms with Crippen LogP contribution in [0.25, 0.3) is 0 Å². The molecule has 0 aliphatic carbocycles. The van der Waals surface area contributed by atoms with E-state index in [-0.39, 0.29) is 19.6 Å². The van der Waals surface area contributed by atoms with Crippen molar-refractivity contribution in [1.82, 2.24) is 5.32 Å². The van der Waals surface area contributed by atoms with Gasteiger partial charge < -0.3 is 5.32 Å². The Morgan fingerprint density at radius 3 is 2.53 bits per heavy atom. The summed E-state index contributed by atoms with van der Waals surface area (Å²) in [7, 11) is -1.05. The lowest BCUT2D eigenvalue weighted by Crippen LogP contribution is -2.37. The molecule has 0 aliphatic heterocycles. The molecule has 88 valence electrons. The smallest absolute Gasteiger partial charge is 0.348 e. The van der Waals surface area contributed by atoms with Gasteiger partial charge in [0.25, 0.3) is 0 Å². The van der Waals surface area contributed by atoms with Crippen molar-refractivity contribution in [1.29, 1.82) is 0 Å². The third-order valence-electron chi connectivity index (χ3n) is 1.21. The summed E-state index contributed by atoms with van der Waals surface area (Å²) in [5.41, 5.74) is 0. The van der Waals surface area contributed by atoms with Crippen molar-refractivity contribution in [2.24, 2.45) is 0 Å². The van der Waals surface area contributed by atoms with Crippen molar-refractivity contribution in [3.63, 3.8) is 0 Å². The Hall–Kier alpha value is -0.720. The largest absolute Gasteiger partial charge is 0.697 e. The highest BCUT2D eigenvalue weighted by molar-refractivity contribution is 7.33. The third kappa shape index (κ3) is 7.24. The number of hydrogen-bond donors (Lipinski definition) is 1. The van der Waals surface area contributed by atoms with E-state index in [0.29, 0.717) is 0 Å². The molecule has 0 saturated heterocycles. The van der Waals surface area contributed by atoms with E-state index in [9.17, 15) is 22.5 Å². The molecule has 0 aromatic heterocycles. The van der Waals surface area contributed by atoms with Crippen LogP contribution in [0.4, 0.5) is 13.2 Å². The zero-order valence-corrected chi connectivity index (χ0v) is 8.73. The Kier molecular flexibility index (Phi) is 6.38. The Morgan fingerprint density at radius 2 is 2.07 bits per heavy atom. The van der Waals surface area contributed by atoms with Crippen LogP contribution >= 0.6 is 8.25 Å². The van der Waals surface area contributed by atoms with Gasteiger partial charge in [-0.2, -0.15) is 13.2 Å². The molecule has 0 aromatic rings. The Morgan fingerprint density at radius 1 is 1.47 bits per heavy atom. The number of carbonyl (C=O) groups excluding carboxylic acids is 1. The van der Waals surface area contributed by atoms with Gasteiger partial charge >= 0.3 is 20.3 Å². The maximum absolute atomic E-state index is 11.6. The molecule has 0 spiro atoms. The summed E-state index contributed by atoms with van der Waals surface area (Å²) in [4.78, 5) is 10.3. The lowest BCUT2D eigenvalue weighted by atomic mass is 10.4. The molecule has 0 saturated carbocycles.